The number of rotatable bonds is 5. The van der Waals surface area contributed by atoms with E-state index in [0.29, 0.717) is 0 Å². The van der Waals surface area contributed by atoms with E-state index >= 15 is 0 Å². The molecule has 0 aromatic rings. The van der Waals surface area contributed by atoms with Crippen LogP contribution in [-0.4, -0.2) is 10.9 Å². The van der Waals surface area contributed by atoms with E-state index in [1.807, 2.05) is 6.92 Å². The molecule has 0 saturated carbocycles. The molecule has 0 aliphatic carbocycles. The molecule has 0 bridgehead atoms. The largest absolute Gasteiger partial charge is 0.299 e. The minimum Gasteiger partial charge on any atom is -0.299 e. The predicted molar refractivity (Wildman–Crippen MR) is 57.5 cm³/mol. The molecular weight excluding hydrogens is 167 g/mol. The van der Waals surface area contributed by atoms with Crippen molar-refractivity contribution in [3.05, 3.63) is 0 Å². The Labute approximate surface area is 78.5 Å². The highest BCUT2D eigenvalue weighted by atomic mass is 31.0. The van der Waals surface area contributed by atoms with E-state index in [-0.39, 0.29) is 10.9 Å². The van der Waals surface area contributed by atoms with E-state index < -0.39 is 0 Å². The van der Waals surface area contributed by atoms with Gasteiger partial charge in [0.1, 0.15) is 5.78 Å². The average molecular weight is 188 g/mol. The smallest absolute Gasteiger partial charge is 0.139 e. The molecule has 2 unspecified atom stereocenters. The third kappa shape index (κ3) is 4.87. The van der Waals surface area contributed by atoms with Crippen LogP contribution in [0.2, 0.25) is 0 Å². The van der Waals surface area contributed by atoms with Crippen molar-refractivity contribution < 1.29 is 4.79 Å². The van der Waals surface area contributed by atoms with Gasteiger partial charge in [-0.25, -0.2) is 0 Å². The zero-order valence-corrected chi connectivity index (χ0v) is 9.84. The zero-order valence-electron chi connectivity index (χ0n) is 8.68. The first kappa shape index (κ1) is 12.1. The van der Waals surface area contributed by atoms with Gasteiger partial charge in [0.15, 0.2) is 0 Å². The van der Waals surface area contributed by atoms with Crippen LogP contribution in [0.25, 0.3) is 0 Å². The van der Waals surface area contributed by atoms with Gasteiger partial charge in [-0.3, -0.25) is 4.79 Å². The van der Waals surface area contributed by atoms with Gasteiger partial charge in [-0.2, -0.15) is 0 Å². The lowest BCUT2D eigenvalue weighted by atomic mass is 9.96. The van der Waals surface area contributed by atoms with Crippen molar-refractivity contribution in [3.8, 4) is 0 Å². The molecule has 0 aromatic carbocycles. The highest BCUT2D eigenvalue weighted by Crippen LogP contribution is 2.26. The monoisotopic (exact) mass is 188 g/mol. The Kier molecular flexibility index (Phi) is 5.01. The molecule has 0 spiro atoms. The van der Waals surface area contributed by atoms with Gasteiger partial charge in [0.2, 0.25) is 0 Å². The normalized spacial score (nSPS) is 16.2. The summed E-state index contributed by atoms with van der Waals surface area (Å²) >= 11 is 0. The highest BCUT2D eigenvalue weighted by molar-refractivity contribution is 7.21. The maximum absolute atomic E-state index is 11.1. The van der Waals surface area contributed by atoms with Gasteiger partial charge < -0.3 is 0 Å². The Hall–Kier alpha value is 0.100. The molecule has 0 radical (unpaired) electrons. The minimum absolute atomic E-state index is 0.186. The molecule has 2 heteroatoms. The lowest BCUT2D eigenvalue weighted by molar-refractivity contribution is -0.119. The average Bonchev–Trinajstić information content (AvgIpc) is 1.85. The van der Waals surface area contributed by atoms with Crippen molar-refractivity contribution in [3.63, 3.8) is 0 Å². The van der Waals surface area contributed by atoms with Crippen LogP contribution >= 0.6 is 9.24 Å². The molecule has 0 N–H and O–H groups in total. The van der Waals surface area contributed by atoms with Crippen LogP contribution in [0.4, 0.5) is 0 Å². The van der Waals surface area contributed by atoms with Crippen molar-refractivity contribution in [1.82, 2.24) is 0 Å². The second kappa shape index (κ2) is 4.97. The SMILES string of the molecule is CC(=O)C(C)(P)CCCC(C)C. The van der Waals surface area contributed by atoms with E-state index in [4.69, 9.17) is 0 Å². The summed E-state index contributed by atoms with van der Waals surface area (Å²) in [7, 11) is 2.66. The molecule has 0 aliphatic heterocycles. The lowest BCUT2D eigenvalue weighted by Gasteiger charge is -2.20. The van der Waals surface area contributed by atoms with Crippen LogP contribution in [0, 0.1) is 5.92 Å². The Balaban J connectivity index is 3.69. The highest BCUT2D eigenvalue weighted by Gasteiger charge is 2.22. The third-order valence-corrected chi connectivity index (χ3v) is 2.98. The molecule has 12 heavy (non-hydrogen) atoms. The molecule has 0 amide bonds. The summed E-state index contributed by atoms with van der Waals surface area (Å²) in [6.45, 7) is 8.10. The first-order valence-electron chi connectivity index (χ1n) is 4.66. The Morgan fingerprint density at radius 3 is 2.33 bits per heavy atom. The fraction of sp³-hybridized carbons (Fsp3) is 0.900. The van der Waals surface area contributed by atoms with E-state index in [1.54, 1.807) is 6.92 Å². The molecule has 2 atom stereocenters. The summed E-state index contributed by atoms with van der Waals surface area (Å²) in [6.07, 6.45) is 3.36. The van der Waals surface area contributed by atoms with Crippen molar-refractivity contribution in [1.29, 1.82) is 0 Å². The third-order valence-electron chi connectivity index (χ3n) is 2.28. The Morgan fingerprint density at radius 1 is 1.50 bits per heavy atom. The molecule has 1 nitrogen and oxygen atoms in total. The number of hydrogen-bond acceptors (Lipinski definition) is 1. The summed E-state index contributed by atoms with van der Waals surface area (Å²) in [6, 6.07) is 0. The Bertz CT molecular complexity index is 150. The quantitative estimate of drug-likeness (QED) is 0.606. The molecular formula is C10H21OP. The van der Waals surface area contributed by atoms with Crippen LogP contribution in [0.5, 0.6) is 0 Å². The molecule has 0 aromatic heterocycles. The van der Waals surface area contributed by atoms with Crippen molar-refractivity contribution in [2.45, 2.75) is 52.1 Å². The summed E-state index contributed by atoms with van der Waals surface area (Å²) in [5.41, 5.74) is 0. The van der Waals surface area contributed by atoms with Gasteiger partial charge in [-0.05, 0) is 26.2 Å². The predicted octanol–water partition coefficient (Wildman–Crippen LogP) is 3.04. The van der Waals surface area contributed by atoms with Crippen molar-refractivity contribution in [2.24, 2.45) is 5.92 Å². The number of carbonyl (C=O) groups is 1. The summed E-state index contributed by atoms with van der Waals surface area (Å²) < 4.78 is 0. The van der Waals surface area contributed by atoms with Gasteiger partial charge in [0.25, 0.3) is 0 Å². The van der Waals surface area contributed by atoms with Crippen LogP contribution in [0.3, 0.4) is 0 Å². The van der Waals surface area contributed by atoms with E-state index in [2.05, 4.69) is 23.1 Å². The second-order valence-electron chi connectivity index (χ2n) is 4.26. The maximum Gasteiger partial charge on any atom is 0.139 e. The van der Waals surface area contributed by atoms with Crippen LogP contribution < -0.4 is 0 Å². The van der Waals surface area contributed by atoms with Gasteiger partial charge >= 0.3 is 0 Å². The fourth-order valence-corrected chi connectivity index (χ4v) is 1.26. The number of ketones is 1. The number of Topliss-reactive ketones (excluding diaryl/α,β-unsaturated/α-hetero) is 1. The number of carbonyl (C=O) groups excluding carboxylic acids is 1. The molecule has 0 fully saturated rings. The zero-order chi connectivity index (χ0) is 9.78. The first-order valence-corrected chi connectivity index (χ1v) is 5.24. The van der Waals surface area contributed by atoms with E-state index in [0.717, 1.165) is 18.8 Å². The van der Waals surface area contributed by atoms with Gasteiger partial charge in [0.05, 0.1) is 0 Å². The molecule has 72 valence electrons. The molecule has 0 aliphatic rings. The standard InChI is InChI=1S/C10H21OP/c1-8(2)6-5-7-10(4,12)9(3)11/h8H,5-7,12H2,1-4H3. The Morgan fingerprint density at radius 2 is 2.00 bits per heavy atom. The lowest BCUT2D eigenvalue weighted by Crippen LogP contribution is -2.25. The van der Waals surface area contributed by atoms with Gasteiger partial charge in [-0.1, -0.05) is 26.7 Å². The topological polar surface area (TPSA) is 17.1 Å². The van der Waals surface area contributed by atoms with Crippen molar-refractivity contribution >= 4 is 15.0 Å². The fourth-order valence-electron chi connectivity index (χ4n) is 1.05. The van der Waals surface area contributed by atoms with Gasteiger partial charge in [-0.15, -0.1) is 9.24 Å². The molecule has 0 rings (SSSR count). The maximum atomic E-state index is 11.1. The van der Waals surface area contributed by atoms with E-state index in [9.17, 15) is 4.79 Å². The summed E-state index contributed by atoms with van der Waals surface area (Å²) in [4.78, 5) is 11.1. The molecule has 0 saturated heterocycles. The second-order valence-corrected chi connectivity index (χ2v) is 5.53. The van der Waals surface area contributed by atoms with Crippen molar-refractivity contribution in [2.75, 3.05) is 0 Å². The molecule has 0 heterocycles. The van der Waals surface area contributed by atoms with Gasteiger partial charge in [0, 0.05) is 5.16 Å². The summed E-state index contributed by atoms with van der Waals surface area (Å²) in [5, 5.41) is -0.186. The number of hydrogen-bond donors (Lipinski definition) is 0. The van der Waals surface area contributed by atoms with E-state index in [1.165, 1.54) is 6.42 Å². The first-order chi connectivity index (χ1) is 5.36. The minimum atomic E-state index is -0.186. The van der Waals surface area contributed by atoms with Crippen LogP contribution in [0.1, 0.15) is 47.0 Å². The van der Waals surface area contributed by atoms with Crippen LogP contribution in [-0.2, 0) is 4.79 Å². The summed E-state index contributed by atoms with van der Waals surface area (Å²) in [5.74, 6) is 1.02. The van der Waals surface area contributed by atoms with Crippen LogP contribution in [0.15, 0.2) is 0 Å².